The van der Waals surface area contributed by atoms with Gasteiger partial charge in [0.25, 0.3) is 0 Å². The van der Waals surface area contributed by atoms with Gasteiger partial charge in [-0.05, 0) is 36.4 Å². The zero-order chi connectivity index (χ0) is 18.3. The number of carboxylic acid groups (broad SMARTS) is 1. The van der Waals surface area contributed by atoms with Gasteiger partial charge in [-0.2, -0.15) is 0 Å². The van der Waals surface area contributed by atoms with Crippen LogP contribution in [0.1, 0.15) is 10.4 Å². The van der Waals surface area contributed by atoms with Crippen LogP contribution in [0.15, 0.2) is 66.9 Å². The van der Waals surface area contributed by atoms with E-state index in [0.717, 1.165) is 16.8 Å². The zero-order valence-corrected chi connectivity index (χ0v) is 14.9. The zero-order valence-electron chi connectivity index (χ0n) is 13.4. The molecule has 0 radical (unpaired) electrons. The summed E-state index contributed by atoms with van der Waals surface area (Å²) in [4.78, 5) is 16.2. The van der Waals surface area contributed by atoms with Gasteiger partial charge in [0, 0.05) is 27.4 Å². The van der Waals surface area contributed by atoms with Gasteiger partial charge >= 0.3 is 5.97 Å². The molecule has 2 aromatic carbocycles. The number of aromatic carboxylic acids is 1. The molecule has 2 aromatic heterocycles. The number of hydrogen-bond acceptors (Lipinski definition) is 2. The Hall–Kier alpha value is -2.82. The fraction of sp³-hybridized carbons (Fsp3) is 0. The van der Waals surface area contributed by atoms with Crippen LogP contribution in [0.3, 0.4) is 0 Å². The maximum absolute atomic E-state index is 11.6. The molecule has 26 heavy (non-hydrogen) atoms. The molecule has 0 bridgehead atoms. The van der Waals surface area contributed by atoms with E-state index in [4.69, 9.17) is 23.2 Å². The minimum absolute atomic E-state index is 0.142. The normalized spacial score (nSPS) is 11.0. The van der Waals surface area contributed by atoms with E-state index in [2.05, 4.69) is 4.98 Å². The van der Waals surface area contributed by atoms with Gasteiger partial charge in [0.2, 0.25) is 0 Å². The number of imidazole rings is 1. The molecule has 0 atom stereocenters. The van der Waals surface area contributed by atoms with E-state index < -0.39 is 5.97 Å². The van der Waals surface area contributed by atoms with Gasteiger partial charge in [-0.1, -0.05) is 47.5 Å². The van der Waals surface area contributed by atoms with Crippen molar-refractivity contribution in [2.24, 2.45) is 0 Å². The Morgan fingerprint density at radius 2 is 1.46 bits per heavy atom. The molecule has 0 saturated heterocycles. The minimum atomic E-state index is -1.02. The number of carboxylic acids is 1. The first-order chi connectivity index (χ1) is 12.5. The van der Waals surface area contributed by atoms with Crippen molar-refractivity contribution in [3.05, 3.63) is 82.5 Å². The number of halogens is 2. The molecule has 1 N–H and O–H groups in total. The van der Waals surface area contributed by atoms with Crippen molar-refractivity contribution in [3.8, 4) is 22.5 Å². The lowest BCUT2D eigenvalue weighted by molar-refractivity contribution is 0.0698. The Labute approximate surface area is 159 Å². The van der Waals surface area contributed by atoms with Crippen LogP contribution in [0.25, 0.3) is 28.2 Å². The Morgan fingerprint density at radius 1 is 0.885 bits per heavy atom. The lowest BCUT2D eigenvalue weighted by atomic mass is 10.0. The molecular formula is C20H12Cl2N2O2. The van der Waals surface area contributed by atoms with Crippen LogP contribution in [0.4, 0.5) is 0 Å². The Morgan fingerprint density at radius 3 is 2.04 bits per heavy atom. The topological polar surface area (TPSA) is 54.6 Å². The monoisotopic (exact) mass is 382 g/mol. The predicted octanol–water partition coefficient (Wildman–Crippen LogP) is 5.67. The van der Waals surface area contributed by atoms with Crippen LogP contribution in [0.2, 0.25) is 10.0 Å². The van der Waals surface area contributed by atoms with Gasteiger partial charge in [-0.3, -0.25) is 4.40 Å². The molecule has 6 heteroatoms. The van der Waals surface area contributed by atoms with Gasteiger partial charge in [0.1, 0.15) is 5.56 Å². The number of fused-ring (bicyclic) bond motifs is 1. The van der Waals surface area contributed by atoms with Crippen LogP contribution in [0, 0.1) is 0 Å². The van der Waals surface area contributed by atoms with Crippen molar-refractivity contribution in [2.45, 2.75) is 0 Å². The summed E-state index contributed by atoms with van der Waals surface area (Å²) < 4.78 is 1.79. The van der Waals surface area contributed by atoms with Crippen LogP contribution in [-0.4, -0.2) is 20.5 Å². The average Bonchev–Trinajstić information content (AvgIpc) is 3.02. The Balaban J connectivity index is 2.07. The number of nitrogens with zero attached hydrogens (tertiary/aromatic N) is 2. The largest absolute Gasteiger partial charge is 0.478 e. The minimum Gasteiger partial charge on any atom is -0.478 e. The summed E-state index contributed by atoms with van der Waals surface area (Å²) in [5, 5.41) is 10.8. The molecule has 0 fully saturated rings. The van der Waals surface area contributed by atoms with E-state index >= 15 is 0 Å². The first-order valence-corrected chi connectivity index (χ1v) is 8.56. The molecule has 0 unspecified atom stereocenters. The van der Waals surface area contributed by atoms with Crippen LogP contribution >= 0.6 is 23.2 Å². The van der Waals surface area contributed by atoms with E-state index in [-0.39, 0.29) is 5.56 Å². The molecule has 0 spiro atoms. The molecule has 4 rings (SSSR count). The van der Waals surface area contributed by atoms with Gasteiger partial charge in [-0.15, -0.1) is 0 Å². The third kappa shape index (κ3) is 2.83. The summed E-state index contributed by atoms with van der Waals surface area (Å²) in [6, 6.07) is 17.9. The first kappa shape index (κ1) is 16.6. The molecular weight excluding hydrogens is 371 g/mol. The quantitative estimate of drug-likeness (QED) is 0.496. The molecule has 2 heterocycles. The Kier molecular flexibility index (Phi) is 4.15. The van der Waals surface area contributed by atoms with Crippen LogP contribution in [0.5, 0.6) is 0 Å². The fourth-order valence-corrected chi connectivity index (χ4v) is 3.18. The maximum Gasteiger partial charge on any atom is 0.339 e. The SMILES string of the molecule is O=C(O)c1cccn2c(-c3ccc(Cl)cc3)c(-c3ccc(Cl)cc3)nc12. The number of benzene rings is 2. The summed E-state index contributed by atoms with van der Waals surface area (Å²) >= 11 is 12.0. The lowest BCUT2D eigenvalue weighted by Crippen LogP contribution is -2.00. The van der Waals surface area contributed by atoms with Crippen molar-refractivity contribution in [2.75, 3.05) is 0 Å². The van der Waals surface area contributed by atoms with E-state index in [1.165, 1.54) is 0 Å². The van der Waals surface area contributed by atoms with E-state index in [0.29, 0.717) is 21.4 Å². The number of rotatable bonds is 3. The van der Waals surface area contributed by atoms with E-state index in [9.17, 15) is 9.90 Å². The van der Waals surface area contributed by atoms with Gasteiger partial charge in [0.15, 0.2) is 5.65 Å². The highest BCUT2D eigenvalue weighted by atomic mass is 35.5. The van der Waals surface area contributed by atoms with Crippen molar-refractivity contribution >= 4 is 34.8 Å². The Bertz CT molecular complexity index is 1120. The molecule has 0 aliphatic carbocycles. The number of aromatic nitrogens is 2. The summed E-state index contributed by atoms with van der Waals surface area (Å²) in [6.07, 6.45) is 1.80. The first-order valence-electron chi connectivity index (χ1n) is 7.81. The van der Waals surface area contributed by atoms with Gasteiger partial charge in [0.05, 0.1) is 11.4 Å². The second kappa shape index (κ2) is 6.48. The van der Waals surface area contributed by atoms with Crippen molar-refractivity contribution in [3.63, 3.8) is 0 Å². The van der Waals surface area contributed by atoms with E-state index in [1.54, 1.807) is 47.0 Å². The molecule has 4 aromatic rings. The molecule has 128 valence electrons. The second-order valence-electron chi connectivity index (χ2n) is 5.74. The van der Waals surface area contributed by atoms with Crippen molar-refractivity contribution in [1.82, 2.24) is 9.38 Å². The number of pyridine rings is 1. The number of hydrogen-bond donors (Lipinski definition) is 1. The standard InChI is InChI=1S/C20H12Cl2N2O2/c21-14-7-3-12(4-8-14)17-18(13-5-9-15(22)10-6-13)24-11-1-2-16(20(25)26)19(24)23-17/h1-11H,(H,25,26). The second-order valence-corrected chi connectivity index (χ2v) is 6.62. The summed E-state index contributed by atoms with van der Waals surface area (Å²) in [7, 11) is 0. The fourth-order valence-electron chi connectivity index (χ4n) is 2.93. The third-order valence-corrected chi connectivity index (χ3v) is 4.62. The lowest BCUT2D eigenvalue weighted by Gasteiger charge is -2.07. The predicted molar refractivity (Wildman–Crippen MR) is 103 cm³/mol. The molecule has 0 aliphatic rings. The highest BCUT2D eigenvalue weighted by Gasteiger charge is 2.20. The maximum atomic E-state index is 11.6. The van der Waals surface area contributed by atoms with Crippen LogP contribution in [-0.2, 0) is 0 Å². The average molecular weight is 383 g/mol. The highest BCUT2D eigenvalue weighted by molar-refractivity contribution is 6.31. The van der Waals surface area contributed by atoms with Crippen LogP contribution < -0.4 is 0 Å². The smallest absolute Gasteiger partial charge is 0.339 e. The molecule has 4 nitrogen and oxygen atoms in total. The molecule has 0 amide bonds. The van der Waals surface area contributed by atoms with E-state index in [1.807, 2.05) is 24.3 Å². The summed E-state index contributed by atoms with van der Waals surface area (Å²) in [5.74, 6) is -1.02. The summed E-state index contributed by atoms with van der Waals surface area (Å²) in [5.41, 5.74) is 3.73. The van der Waals surface area contributed by atoms with Gasteiger partial charge in [-0.25, -0.2) is 9.78 Å². The number of carbonyl (C=O) groups is 1. The molecule has 0 saturated carbocycles. The third-order valence-electron chi connectivity index (χ3n) is 4.12. The molecule has 0 aliphatic heterocycles. The summed E-state index contributed by atoms with van der Waals surface area (Å²) in [6.45, 7) is 0. The van der Waals surface area contributed by atoms with Crippen molar-refractivity contribution < 1.29 is 9.90 Å². The highest BCUT2D eigenvalue weighted by Crippen LogP contribution is 2.34. The van der Waals surface area contributed by atoms with Gasteiger partial charge < -0.3 is 5.11 Å². The van der Waals surface area contributed by atoms with Crippen molar-refractivity contribution in [1.29, 1.82) is 0 Å².